The van der Waals surface area contributed by atoms with Crippen LogP contribution in [0.15, 0.2) is 30.6 Å². The predicted octanol–water partition coefficient (Wildman–Crippen LogP) is 4.71. The number of nitrogens with zero attached hydrogens (tertiary/aromatic N) is 2. The molecule has 0 bridgehead atoms. The number of ether oxygens (including phenoxy) is 2. The third-order valence-electron chi connectivity index (χ3n) is 6.34. The molecule has 1 aromatic heterocycles. The molecule has 33 heavy (non-hydrogen) atoms. The molecule has 3 rings (SSSR count). The minimum atomic E-state index is -0.967. The highest BCUT2D eigenvalue weighted by atomic mass is 16.7. The molecule has 0 saturated carbocycles. The van der Waals surface area contributed by atoms with E-state index in [-0.39, 0.29) is 29.6 Å². The van der Waals surface area contributed by atoms with Gasteiger partial charge in [-0.1, -0.05) is 38.2 Å². The SMILES string of the molecule is Cc1cc2c(ncn2C)c(/C=C/C[C@@H]2OC(C)(C)O[C@@H]2C(C)/C=C\[C@@H](C)[C@H](C)O)c1C(=O)O. The van der Waals surface area contributed by atoms with Crippen LogP contribution in [0.2, 0.25) is 0 Å². The molecule has 0 aliphatic carbocycles. The first-order valence-electron chi connectivity index (χ1n) is 11.5. The van der Waals surface area contributed by atoms with Crippen molar-refractivity contribution in [3.05, 3.63) is 47.3 Å². The second-order valence-corrected chi connectivity index (χ2v) is 9.63. The molecule has 1 aromatic carbocycles. The Labute approximate surface area is 195 Å². The van der Waals surface area contributed by atoms with Gasteiger partial charge < -0.3 is 24.3 Å². The maximum atomic E-state index is 12.0. The van der Waals surface area contributed by atoms with E-state index in [2.05, 4.69) is 18.0 Å². The zero-order chi connectivity index (χ0) is 24.5. The summed E-state index contributed by atoms with van der Waals surface area (Å²) in [7, 11) is 1.90. The number of benzene rings is 1. The first-order chi connectivity index (χ1) is 15.4. The van der Waals surface area contributed by atoms with Crippen LogP contribution in [-0.4, -0.2) is 49.8 Å². The number of aryl methyl sites for hydroxylation is 2. The Bertz CT molecular complexity index is 1070. The molecule has 0 amide bonds. The number of aromatic carboxylic acids is 1. The molecule has 2 N–H and O–H groups in total. The van der Waals surface area contributed by atoms with Gasteiger partial charge >= 0.3 is 5.97 Å². The highest BCUT2D eigenvalue weighted by molar-refractivity contribution is 6.01. The van der Waals surface area contributed by atoms with Crippen molar-refractivity contribution in [1.82, 2.24) is 9.55 Å². The Morgan fingerprint density at radius 3 is 2.61 bits per heavy atom. The summed E-state index contributed by atoms with van der Waals surface area (Å²) < 4.78 is 14.3. The topological polar surface area (TPSA) is 93.8 Å². The monoisotopic (exact) mass is 456 g/mol. The van der Waals surface area contributed by atoms with Gasteiger partial charge in [0.15, 0.2) is 5.79 Å². The number of hydrogen-bond donors (Lipinski definition) is 2. The van der Waals surface area contributed by atoms with Gasteiger partial charge in [0.05, 0.1) is 41.2 Å². The number of aliphatic hydroxyl groups is 1. The number of fused-ring (bicyclic) bond motifs is 1. The molecule has 1 aliphatic rings. The number of hydrogen-bond acceptors (Lipinski definition) is 5. The van der Waals surface area contributed by atoms with Crippen LogP contribution in [0.3, 0.4) is 0 Å². The van der Waals surface area contributed by atoms with E-state index in [1.807, 2.05) is 63.6 Å². The van der Waals surface area contributed by atoms with E-state index in [4.69, 9.17) is 9.47 Å². The fourth-order valence-electron chi connectivity index (χ4n) is 4.30. The second kappa shape index (κ2) is 9.79. The zero-order valence-electron chi connectivity index (χ0n) is 20.6. The molecule has 2 heterocycles. The molecular formula is C26H36N2O5. The number of aliphatic hydroxyl groups excluding tert-OH is 1. The number of aromatic nitrogens is 2. The van der Waals surface area contributed by atoms with Gasteiger partial charge in [0.25, 0.3) is 0 Å². The summed E-state index contributed by atoms with van der Waals surface area (Å²) in [5.41, 5.74) is 3.12. The van der Waals surface area contributed by atoms with E-state index in [0.717, 1.165) is 5.52 Å². The van der Waals surface area contributed by atoms with E-state index in [0.29, 0.717) is 23.1 Å². The van der Waals surface area contributed by atoms with Crippen molar-refractivity contribution in [3.8, 4) is 0 Å². The quantitative estimate of drug-likeness (QED) is 0.559. The van der Waals surface area contributed by atoms with Crippen LogP contribution < -0.4 is 0 Å². The minimum Gasteiger partial charge on any atom is -0.478 e. The Kier molecular flexibility index (Phi) is 7.46. The van der Waals surface area contributed by atoms with Crippen molar-refractivity contribution in [2.24, 2.45) is 18.9 Å². The fourth-order valence-corrected chi connectivity index (χ4v) is 4.30. The van der Waals surface area contributed by atoms with Crippen molar-refractivity contribution >= 4 is 23.1 Å². The van der Waals surface area contributed by atoms with Crippen molar-refractivity contribution in [2.75, 3.05) is 0 Å². The maximum Gasteiger partial charge on any atom is 0.336 e. The second-order valence-electron chi connectivity index (χ2n) is 9.63. The molecule has 1 saturated heterocycles. The number of carbonyl (C=O) groups is 1. The van der Waals surface area contributed by atoms with Gasteiger partial charge in [-0.2, -0.15) is 0 Å². The lowest BCUT2D eigenvalue weighted by Gasteiger charge is -2.21. The molecule has 1 aliphatic heterocycles. The Hall–Kier alpha value is -2.48. The Morgan fingerprint density at radius 1 is 1.27 bits per heavy atom. The van der Waals surface area contributed by atoms with Crippen LogP contribution in [-0.2, 0) is 16.5 Å². The number of carboxylic acids is 1. The zero-order valence-corrected chi connectivity index (χ0v) is 20.6. The standard InChI is InChI=1S/C26H36N2O5/c1-15(18(4)29)11-12-16(2)24-21(32-26(5,6)33-24)10-8-9-19-22(25(30)31)17(3)13-20-23(19)27-14-28(20)7/h8-9,11-16,18,21,24,29H,10H2,1-7H3,(H,30,31)/b9-8+,12-11-/t15-,16?,18+,21+,24-/m1/s1. The van der Waals surface area contributed by atoms with Crippen molar-refractivity contribution in [1.29, 1.82) is 0 Å². The molecule has 2 aromatic rings. The Morgan fingerprint density at radius 2 is 1.97 bits per heavy atom. The molecule has 7 heteroatoms. The number of rotatable bonds is 8. The lowest BCUT2D eigenvalue weighted by atomic mass is 9.94. The van der Waals surface area contributed by atoms with Crippen LogP contribution >= 0.6 is 0 Å². The smallest absolute Gasteiger partial charge is 0.336 e. The van der Waals surface area contributed by atoms with Gasteiger partial charge in [0.2, 0.25) is 0 Å². The molecule has 180 valence electrons. The van der Waals surface area contributed by atoms with E-state index in [9.17, 15) is 15.0 Å². The van der Waals surface area contributed by atoms with Gasteiger partial charge in [0, 0.05) is 18.5 Å². The first-order valence-corrected chi connectivity index (χ1v) is 11.5. The summed E-state index contributed by atoms with van der Waals surface area (Å²) in [5.74, 6) is -1.53. The van der Waals surface area contributed by atoms with Crippen LogP contribution in [0.1, 0.15) is 62.5 Å². The van der Waals surface area contributed by atoms with Gasteiger partial charge in [-0.05, 0) is 51.7 Å². The average molecular weight is 457 g/mol. The summed E-state index contributed by atoms with van der Waals surface area (Å²) in [6, 6.07) is 1.86. The van der Waals surface area contributed by atoms with Gasteiger partial charge in [-0.15, -0.1) is 0 Å². The van der Waals surface area contributed by atoms with Crippen LogP contribution in [0.4, 0.5) is 0 Å². The molecule has 0 spiro atoms. The minimum absolute atomic E-state index is 0.0534. The van der Waals surface area contributed by atoms with Crippen molar-refractivity contribution < 1.29 is 24.5 Å². The van der Waals surface area contributed by atoms with Gasteiger partial charge in [-0.3, -0.25) is 0 Å². The normalized spacial score (nSPS) is 23.5. The van der Waals surface area contributed by atoms with Crippen LogP contribution in [0, 0.1) is 18.8 Å². The third kappa shape index (κ3) is 5.54. The molecule has 7 nitrogen and oxygen atoms in total. The van der Waals surface area contributed by atoms with E-state index in [1.165, 1.54) is 0 Å². The maximum absolute atomic E-state index is 12.0. The Balaban J connectivity index is 1.86. The molecule has 1 unspecified atom stereocenters. The molecule has 0 radical (unpaired) electrons. The van der Waals surface area contributed by atoms with Crippen molar-refractivity contribution in [2.45, 2.75) is 72.1 Å². The summed E-state index contributed by atoms with van der Waals surface area (Å²) >= 11 is 0. The highest BCUT2D eigenvalue weighted by Crippen LogP contribution is 2.35. The summed E-state index contributed by atoms with van der Waals surface area (Å²) in [6.45, 7) is 11.4. The van der Waals surface area contributed by atoms with E-state index < -0.39 is 17.9 Å². The summed E-state index contributed by atoms with van der Waals surface area (Å²) in [4.78, 5) is 16.4. The summed E-state index contributed by atoms with van der Waals surface area (Å²) in [6.07, 6.45) is 9.39. The molecule has 1 fully saturated rings. The number of carboxylic acid groups (broad SMARTS) is 1. The van der Waals surface area contributed by atoms with Crippen LogP contribution in [0.5, 0.6) is 0 Å². The van der Waals surface area contributed by atoms with Crippen molar-refractivity contribution in [3.63, 3.8) is 0 Å². The van der Waals surface area contributed by atoms with E-state index >= 15 is 0 Å². The molecular weight excluding hydrogens is 420 g/mol. The fraction of sp³-hybridized carbons (Fsp3) is 0.538. The predicted molar refractivity (Wildman–Crippen MR) is 129 cm³/mol. The highest BCUT2D eigenvalue weighted by Gasteiger charge is 2.42. The third-order valence-corrected chi connectivity index (χ3v) is 6.34. The molecule has 5 atom stereocenters. The van der Waals surface area contributed by atoms with Crippen LogP contribution in [0.25, 0.3) is 17.1 Å². The lowest BCUT2D eigenvalue weighted by molar-refractivity contribution is -0.148. The van der Waals surface area contributed by atoms with E-state index in [1.54, 1.807) is 13.3 Å². The van der Waals surface area contributed by atoms with Gasteiger partial charge in [0.1, 0.15) is 0 Å². The number of imidazole rings is 1. The lowest BCUT2D eigenvalue weighted by Crippen LogP contribution is -2.28. The van der Waals surface area contributed by atoms with Gasteiger partial charge in [-0.25, -0.2) is 9.78 Å². The first kappa shape index (κ1) is 25.1. The summed E-state index contributed by atoms with van der Waals surface area (Å²) in [5, 5.41) is 19.6. The largest absolute Gasteiger partial charge is 0.478 e. The average Bonchev–Trinajstić information content (AvgIpc) is 3.24.